The van der Waals surface area contributed by atoms with Crippen molar-refractivity contribution in [3.8, 4) is 5.75 Å². The minimum Gasteiger partial charge on any atom is -0.505 e. The Morgan fingerprint density at radius 1 is 1.26 bits per heavy atom. The van der Waals surface area contributed by atoms with Gasteiger partial charge in [0.2, 0.25) is 0 Å². The van der Waals surface area contributed by atoms with Gasteiger partial charge in [0.25, 0.3) is 5.91 Å². The fourth-order valence-electron chi connectivity index (χ4n) is 1.91. The van der Waals surface area contributed by atoms with Crippen LogP contribution < -0.4 is 0 Å². The van der Waals surface area contributed by atoms with Crippen LogP contribution in [0.25, 0.3) is 11.0 Å². The summed E-state index contributed by atoms with van der Waals surface area (Å²) in [5.41, 5.74) is 0.666. The molecule has 1 N–H and O–H groups in total. The van der Waals surface area contributed by atoms with Gasteiger partial charge >= 0.3 is 0 Å². The summed E-state index contributed by atoms with van der Waals surface area (Å²) in [6.45, 7) is 0. The van der Waals surface area contributed by atoms with Crippen molar-refractivity contribution in [3.63, 3.8) is 0 Å². The van der Waals surface area contributed by atoms with Gasteiger partial charge in [-0.2, -0.15) is 0 Å². The zero-order valence-electron chi connectivity index (χ0n) is 9.75. The quantitative estimate of drug-likeness (QED) is 0.728. The van der Waals surface area contributed by atoms with Gasteiger partial charge in [0, 0.05) is 23.3 Å². The third-order valence-corrected chi connectivity index (χ3v) is 2.86. The molecule has 4 nitrogen and oxygen atoms in total. The van der Waals surface area contributed by atoms with E-state index in [2.05, 4.69) is 4.98 Å². The average Bonchev–Trinajstić information content (AvgIpc) is 2.85. The van der Waals surface area contributed by atoms with Crippen molar-refractivity contribution < 1.29 is 14.3 Å². The van der Waals surface area contributed by atoms with E-state index >= 15 is 0 Å². The second-order valence-corrected chi connectivity index (χ2v) is 4.07. The van der Waals surface area contributed by atoms with E-state index in [0.29, 0.717) is 5.65 Å². The van der Waals surface area contributed by atoms with Crippen LogP contribution >= 0.6 is 0 Å². The normalized spacial score (nSPS) is 10.8. The van der Waals surface area contributed by atoms with E-state index in [1.54, 1.807) is 24.5 Å². The molecule has 0 amide bonds. The summed E-state index contributed by atoms with van der Waals surface area (Å²) in [6, 6.07) is 8.90. The number of benzene rings is 1. The van der Waals surface area contributed by atoms with Gasteiger partial charge in [-0.1, -0.05) is 0 Å². The Morgan fingerprint density at radius 3 is 2.89 bits per heavy atom. The van der Waals surface area contributed by atoms with E-state index in [4.69, 9.17) is 5.11 Å². The molecule has 0 radical (unpaired) electrons. The second-order valence-electron chi connectivity index (χ2n) is 4.07. The predicted molar refractivity (Wildman–Crippen MR) is 67.5 cm³/mol. The molecule has 0 atom stereocenters. The van der Waals surface area contributed by atoms with Gasteiger partial charge in [-0.3, -0.25) is 9.36 Å². The first kappa shape index (κ1) is 11.4. The number of nitrogens with zero attached hydrogens (tertiary/aromatic N) is 2. The zero-order valence-corrected chi connectivity index (χ0v) is 9.75. The number of aromatic hydroxyl groups is 1. The lowest BCUT2D eigenvalue weighted by Crippen LogP contribution is -2.11. The van der Waals surface area contributed by atoms with Crippen molar-refractivity contribution >= 4 is 16.9 Å². The number of rotatable bonds is 1. The second kappa shape index (κ2) is 4.20. The first-order chi connectivity index (χ1) is 9.16. The van der Waals surface area contributed by atoms with Crippen LogP contribution in [0.5, 0.6) is 5.75 Å². The maximum absolute atomic E-state index is 13.3. The van der Waals surface area contributed by atoms with Crippen molar-refractivity contribution in [3.05, 3.63) is 60.2 Å². The molecule has 94 valence electrons. The first-order valence-corrected chi connectivity index (χ1v) is 5.62. The molecule has 5 heteroatoms. The summed E-state index contributed by atoms with van der Waals surface area (Å²) in [5.74, 6) is -1.70. The van der Waals surface area contributed by atoms with E-state index in [1.165, 1.54) is 10.6 Å². The maximum Gasteiger partial charge on any atom is 0.263 e. The molecule has 0 aliphatic heterocycles. The van der Waals surface area contributed by atoms with Crippen LogP contribution in [0.1, 0.15) is 10.4 Å². The summed E-state index contributed by atoms with van der Waals surface area (Å²) >= 11 is 0. The SMILES string of the molecule is O=C(c1ccc(O)c(F)c1)n1ccc2cccnc21. The van der Waals surface area contributed by atoms with E-state index < -0.39 is 17.5 Å². The summed E-state index contributed by atoms with van der Waals surface area (Å²) in [7, 11) is 0. The Morgan fingerprint density at radius 2 is 2.11 bits per heavy atom. The number of aromatic nitrogens is 2. The van der Waals surface area contributed by atoms with Crippen LogP contribution in [-0.2, 0) is 0 Å². The Bertz CT molecular complexity index is 780. The molecule has 0 aliphatic carbocycles. The summed E-state index contributed by atoms with van der Waals surface area (Å²) in [5, 5.41) is 9.95. The first-order valence-electron chi connectivity index (χ1n) is 5.62. The number of hydrogen-bond donors (Lipinski definition) is 1. The molecule has 0 bridgehead atoms. The Labute approximate surface area is 107 Å². The van der Waals surface area contributed by atoms with Crippen LogP contribution in [0.2, 0.25) is 0 Å². The van der Waals surface area contributed by atoms with Gasteiger partial charge in [0.15, 0.2) is 11.6 Å². The van der Waals surface area contributed by atoms with E-state index in [0.717, 1.165) is 17.5 Å². The molecule has 0 unspecified atom stereocenters. The van der Waals surface area contributed by atoms with Crippen LogP contribution in [0.15, 0.2) is 48.8 Å². The van der Waals surface area contributed by atoms with E-state index in [1.807, 2.05) is 6.07 Å². The van der Waals surface area contributed by atoms with Crippen LogP contribution in [0.4, 0.5) is 4.39 Å². The molecule has 2 aromatic heterocycles. The van der Waals surface area contributed by atoms with Crippen LogP contribution in [0, 0.1) is 5.82 Å². The summed E-state index contributed by atoms with van der Waals surface area (Å²) in [6.07, 6.45) is 3.17. The number of carbonyl (C=O) groups is 1. The molecule has 0 fully saturated rings. The minimum atomic E-state index is -0.824. The largest absolute Gasteiger partial charge is 0.505 e. The maximum atomic E-state index is 13.3. The van der Waals surface area contributed by atoms with Gasteiger partial charge in [-0.25, -0.2) is 9.37 Å². The molecule has 0 saturated heterocycles. The molecule has 3 rings (SSSR count). The molecular formula is C14H9FN2O2. The highest BCUT2D eigenvalue weighted by Crippen LogP contribution is 2.19. The standard InChI is InChI=1S/C14H9FN2O2/c15-11-8-10(3-4-12(11)18)14(19)17-7-5-9-2-1-6-16-13(9)17/h1-8,18H. The van der Waals surface area contributed by atoms with Gasteiger partial charge in [-0.15, -0.1) is 0 Å². The highest BCUT2D eigenvalue weighted by Gasteiger charge is 2.13. The Kier molecular flexibility index (Phi) is 2.52. The zero-order chi connectivity index (χ0) is 13.4. The number of carbonyl (C=O) groups excluding carboxylic acids is 1. The molecule has 1 aromatic carbocycles. The highest BCUT2D eigenvalue weighted by molar-refractivity contribution is 6.01. The number of halogens is 1. The van der Waals surface area contributed by atoms with Crippen molar-refractivity contribution in [1.82, 2.24) is 9.55 Å². The fraction of sp³-hybridized carbons (Fsp3) is 0. The van der Waals surface area contributed by atoms with Crippen LogP contribution in [0.3, 0.4) is 0 Å². The van der Waals surface area contributed by atoms with Crippen molar-refractivity contribution in [2.75, 3.05) is 0 Å². The number of hydrogen-bond acceptors (Lipinski definition) is 3. The number of fused-ring (bicyclic) bond motifs is 1. The Hall–Kier alpha value is -2.69. The average molecular weight is 256 g/mol. The van der Waals surface area contributed by atoms with Crippen molar-refractivity contribution in [2.45, 2.75) is 0 Å². The van der Waals surface area contributed by atoms with Crippen LogP contribution in [-0.4, -0.2) is 20.6 Å². The molecule has 2 heterocycles. The smallest absolute Gasteiger partial charge is 0.263 e. The monoisotopic (exact) mass is 256 g/mol. The molecule has 19 heavy (non-hydrogen) atoms. The van der Waals surface area contributed by atoms with Gasteiger partial charge in [0.05, 0.1) is 0 Å². The highest BCUT2D eigenvalue weighted by atomic mass is 19.1. The van der Waals surface area contributed by atoms with Crippen molar-refractivity contribution in [1.29, 1.82) is 0 Å². The number of phenols is 1. The third-order valence-electron chi connectivity index (χ3n) is 2.86. The van der Waals surface area contributed by atoms with Gasteiger partial charge < -0.3 is 5.11 Å². The lowest BCUT2D eigenvalue weighted by Gasteiger charge is -2.04. The topological polar surface area (TPSA) is 55.1 Å². The molecule has 3 aromatic rings. The molecule has 0 saturated carbocycles. The van der Waals surface area contributed by atoms with E-state index in [9.17, 15) is 9.18 Å². The van der Waals surface area contributed by atoms with Gasteiger partial charge in [0.1, 0.15) is 5.65 Å². The predicted octanol–water partition coefficient (Wildman–Crippen LogP) is 2.57. The van der Waals surface area contributed by atoms with Crippen molar-refractivity contribution in [2.24, 2.45) is 0 Å². The third kappa shape index (κ3) is 1.85. The lowest BCUT2D eigenvalue weighted by atomic mass is 10.2. The van der Waals surface area contributed by atoms with Gasteiger partial charge in [-0.05, 0) is 36.4 Å². The number of pyridine rings is 1. The van der Waals surface area contributed by atoms with E-state index in [-0.39, 0.29) is 5.56 Å². The molecular weight excluding hydrogens is 247 g/mol. The Balaban J connectivity index is 2.11. The fourth-order valence-corrected chi connectivity index (χ4v) is 1.91. The number of phenolic OH excluding ortho intramolecular Hbond substituents is 1. The summed E-state index contributed by atoms with van der Waals surface area (Å²) < 4.78 is 14.6. The molecule has 0 aliphatic rings. The molecule has 0 spiro atoms. The lowest BCUT2D eigenvalue weighted by molar-refractivity contribution is 0.0964. The minimum absolute atomic E-state index is 0.151. The summed E-state index contributed by atoms with van der Waals surface area (Å²) in [4.78, 5) is 16.4.